The predicted molar refractivity (Wildman–Crippen MR) is 74.8 cm³/mol. The lowest BCUT2D eigenvalue weighted by atomic mass is 9.89. The smallest absolute Gasteiger partial charge is 0.0280 e. The summed E-state index contributed by atoms with van der Waals surface area (Å²) >= 11 is 0. The Morgan fingerprint density at radius 2 is 1.56 bits per heavy atom. The van der Waals surface area contributed by atoms with E-state index >= 15 is 0 Å². The monoisotopic (exact) mass is 225 g/mol. The van der Waals surface area contributed by atoms with E-state index in [9.17, 15) is 0 Å². The van der Waals surface area contributed by atoms with Crippen molar-refractivity contribution in [3.63, 3.8) is 0 Å². The summed E-state index contributed by atoms with van der Waals surface area (Å²) in [6.45, 7) is 12.4. The third-order valence-electron chi connectivity index (χ3n) is 2.97. The molecule has 1 unspecified atom stereocenters. The van der Waals surface area contributed by atoms with Crippen molar-refractivity contribution in [1.82, 2.24) is 5.32 Å². The molecule has 0 bridgehead atoms. The average Bonchev–Trinajstić information content (AvgIpc) is 2.23. The molecule has 16 heavy (non-hydrogen) atoms. The highest BCUT2D eigenvalue weighted by Gasteiger charge is 2.16. The Morgan fingerprint density at radius 3 is 1.94 bits per heavy atom. The second-order valence-electron chi connectivity index (χ2n) is 5.06. The maximum absolute atomic E-state index is 3.69. The van der Waals surface area contributed by atoms with Crippen molar-refractivity contribution >= 4 is 0 Å². The fourth-order valence-corrected chi connectivity index (χ4v) is 2.28. The fourth-order valence-electron chi connectivity index (χ4n) is 2.28. The van der Waals surface area contributed by atoms with Gasteiger partial charge in [-0.25, -0.2) is 0 Å². The Morgan fingerprint density at radius 1 is 1.00 bits per heavy atom. The predicted octanol–water partition coefficient (Wildman–Crippen LogP) is 4.54. The molecule has 0 aromatic rings. The summed E-state index contributed by atoms with van der Waals surface area (Å²) in [7, 11) is 0. The summed E-state index contributed by atoms with van der Waals surface area (Å²) in [5.74, 6) is 0.816. The van der Waals surface area contributed by atoms with Crippen LogP contribution in [0.4, 0.5) is 0 Å². The number of rotatable bonds is 9. The van der Waals surface area contributed by atoms with Gasteiger partial charge in [0.05, 0.1) is 0 Å². The molecule has 0 aliphatic carbocycles. The minimum Gasteiger partial charge on any atom is -0.310 e. The molecule has 1 nitrogen and oxygen atoms in total. The Kier molecular flexibility index (Phi) is 9.71. The molecule has 1 heteroatoms. The molecule has 0 aromatic heterocycles. The van der Waals surface area contributed by atoms with E-state index < -0.39 is 0 Å². The van der Waals surface area contributed by atoms with E-state index in [2.05, 4.69) is 46.0 Å². The Hall–Kier alpha value is -0.300. The molecule has 0 spiro atoms. The lowest BCUT2D eigenvalue weighted by Crippen LogP contribution is -2.35. The van der Waals surface area contributed by atoms with Gasteiger partial charge in [0.1, 0.15) is 0 Å². The van der Waals surface area contributed by atoms with Crippen LogP contribution in [0.3, 0.4) is 0 Å². The quantitative estimate of drug-likeness (QED) is 0.568. The third kappa shape index (κ3) is 7.05. The van der Waals surface area contributed by atoms with Gasteiger partial charge >= 0.3 is 0 Å². The van der Waals surface area contributed by atoms with Crippen molar-refractivity contribution < 1.29 is 0 Å². The second kappa shape index (κ2) is 9.89. The summed E-state index contributed by atoms with van der Waals surface area (Å²) in [5, 5.41) is 3.69. The first-order valence-electron chi connectivity index (χ1n) is 7.04. The first kappa shape index (κ1) is 15.7. The van der Waals surface area contributed by atoms with E-state index in [-0.39, 0.29) is 0 Å². The summed E-state index contributed by atoms with van der Waals surface area (Å²) < 4.78 is 0. The first-order valence-corrected chi connectivity index (χ1v) is 7.04. The molecule has 0 rings (SSSR count). The number of nitrogens with one attached hydrogen (secondary N) is 1. The standard InChI is InChI=1S/C15H31N/c1-6-9-14(10-7-2)15(12-13(4)5)16-11-8-3/h12,14-16H,6-11H2,1-5H3. The lowest BCUT2D eigenvalue weighted by molar-refractivity contribution is 0.352. The van der Waals surface area contributed by atoms with Gasteiger partial charge in [-0.15, -0.1) is 0 Å². The maximum atomic E-state index is 3.69. The Labute approximate surface area is 103 Å². The van der Waals surface area contributed by atoms with E-state index in [4.69, 9.17) is 0 Å². The van der Waals surface area contributed by atoms with E-state index in [1.807, 2.05) is 0 Å². The van der Waals surface area contributed by atoms with Gasteiger partial charge in [-0.3, -0.25) is 0 Å². The molecule has 1 N–H and O–H groups in total. The molecule has 0 aliphatic heterocycles. The third-order valence-corrected chi connectivity index (χ3v) is 2.97. The first-order chi connectivity index (χ1) is 7.65. The highest BCUT2D eigenvalue weighted by atomic mass is 14.9. The fraction of sp³-hybridized carbons (Fsp3) is 0.867. The van der Waals surface area contributed by atoms with Crippen molar-refractivity contribution in [2.45, 2.75) is 72.8 Å². The minimum atomic E-state index is 0.588. The van der Waals surface area contributed by atoms with Crippen LogP contribution in [0, 0.1) is 5.92 Å². The Bertz CT molecular complexity index is 174. The van der Waals surface area contributed by atoms with Crippen LogP contribution in [0.2, 0.25) is 0 Å². The van der Waals surface area contributed by atoms with Crippen LogP contribution < -0.4 is 5.32 Å². The summed E-state index contributed by atoms with van der Waals surface area (Å²) in [5.41, 5.74) is 1.44. The van der Waals surface area contributed by atoms with Gasteiger partial charge < -0.3 is 5.32 Å². The molecule has 96 valence electrons. The zero-order chi connectivity index (χ0) is 12.4. The molecule has 0 saturated carbocycles. The molecule has 0 amide bonds. The normalized spacial score (nSPS) is 12.9. The summed E-state index contributed by atoms with van der Waals surface area (Å²) in [6, 6.07) is 0.588. The van der Waals surface area contributed by atoms with Gasteiger partial charge in [-0.2, -0.15) is 0 Å². The molecular formula is C15H31N. The lowest BCUT2D eigenvalue weighted by Gasteiger charge is -2.26. The molecule has 0 heterocycles. The topological polar surface area (TPSA) is 12.0 Å². The van der Waals surface area contributed by atoms with Crippen molar-refractivity contribution in [3.8, 4) is 0 Å². The molecule has 1 atom stereocenters. The summed E-state index contributed by atoms with van der Waals surface area (Å²) in [6.07, 6.45) is 8.93. The Balaban J connectivity index is 4.45. The van der Waals surface area contributed by atoms with Crippen LogP contribution in [0.5, 0.6) is 0 Å². The average molecular weight is 225 g/mol. The van der Waals surface area contributed by atoms with Crippen LogP contribution in [-0.2, 0) is 0 Å². The van der Waals surface area contributed by atoms with Crippen LogP contribution in [0.15, 0.2) is 11.6 Å². The minimum absolute atomic E-state index is 0.588. The van der Waals surface area contributed by atoms with Gasteiger partial charge in [0, 0.05) is 6.04 Å². The van der Waals surface area contributed by atoms with Gasteiger partial charge in [0.15, 0.2) is 0 Å². The van der Waals surface area contributed by atoms with Gasteiger partial charge in [0.25, 0.3) is 0 Å². The van der Waals surface area contributed by atoms with Crippen molar-refractivity contribution in [1.29, 1.82) is 0 Å². The number of hydrogen-bond acceptors (Lipinski definition) is 1. The van der Waals surface area contributed by atoms with Crippen molar-refractivity contribution in [2.24, 2.45) is 5.92 Å². The van der Waals surface area contributed by atoms with Gasteiger partial charge in [0.2, 0.25) is 0 Å². The van der Waals surface area contributed by atoms with Gasteiger partial charge in [-0.1, -0.05) is 45.3 Å². The van der Waals surface area contributed by atoms with E-state index in [1.165, 1.54) is 37.7 Å². The maximum Gasteiger partial charge on any atom is 0.0280 e. The zero-order valence-corrected chi connectivity index (χ0v) is 12.0. The highest BCUT2D eigenvalue weighted by molar-refractivity contribution is 5.03. The van der Waals surface area contributed by atoms with E-state index in [1.54, 1.807) is 0 Å². The SMILES string of the molecule is CCCNC(C=C(C)C)C(CCC)CCC. The molecule has 0 saturated heterocycles. The highest BCUT2D eigenvalue weighted by Crippen LogP contribution is 2.20. The van der Waals surface area contributed by atoms with Crippen LogP contribution in [0.1, 0.15) is 66.7 Å². The van der Waals surface area contributed by atoms with Crippen molar-refractivity contribution in [2.75, 3.05) is 6.54 Å². The molecule has 0 aromatic carbocycles. The molecule has 0 aliphatic rings. The zero-order valence-electron chi connectivity index (χ0n) is 12.0. The van der Waals surface area contributed by atoms with E-state index in [0.717, 1.165) is 12.5 Å². The largest absolute Gasteiger partial charge is 0.310 e. The number of allylic oxidation sites excluding steroid dienone is 1. The van der Waals surface area contributed by atoms with Crippen molar-refractivity contribution in [3.05, 3.63) is 11.6 Å². The van der Waals surface area contributed by atoms with Crippen LogP contribution in [0.25, 0.3) is 0 Å². The van der Waals surface area contributed by atoms with Gasteiger partial charge in [-0.05, 0) is 45.6 Å². The second-order valence-corrected chi connectivity index (χ2v) is 5.06. The molecular weight excluding hydrogens is 194 g/mol. The van der Waals surface area contributed by atoms with Crippen LogP contribution in [-0.4, -0.2) is 12.6 Å². The number of hydrogen-bond donors (Lipinski definition) is 1. The van der Waals surface area contributed by atoms with Crippen LogP contribution >= 0.6 is 0 Å². The van der Waals surface area contributed by atoms with E-state index in [0.29, 0.717) is 6.04 Å². The molecule has 0 fully saturated rings. The molecule has 0 radical (unpaired) electrons. The summed E-state index contributed by atoms with van der Waals surface area (Å²) in [4.78, 5) is 0.